The van der Waals surface area contributed by atoms with Gasteiger partial charge in [-0.15, -0.1) is 0 Å². The molecule has 3 heterocycles. The SMILES string of the molecule is COC[C@@H](C)n1c(=O)c(-c2cccc(OC)c2OC)cn(CC(=O)Nc2ccc3c(c2)C[C@@]2(C3)C(=O)Nc3ncccc32)c1=O. The quantitative estimate of drug-likeness (QED) is 0.294. The molecule has 0 fully saturated rings. The van der Waals surface area contributed by atoms with Crippen LogP contribution in [0.2, 0.25) is 0 Å². The van der Waals surface area contributed by atoms with Crippen LogP contribution in [0.4, 0.5) is 11.5 Å². The number of benzene rings is 2. The average molecular weight is 612 g/mol. The van der Waals surface area contributed by atoms with E-state index in [4.69, 9.17) is 14.2 Å². The fourth-order valence-electron chi connectivity index (χ4n) is 6.42. The molecule has 0 radical (unpaired) electrons. The molecule has 2 N–H and O–H groups in total. The minimum atomic E-state index is -0.730. The molecule has 0 unspecified atom stereocenters. The van der Waals surface area contributed by atoms with E-state index in [1.54, 1.807) is 37.4 Å². The standard InChI is InChI=1S/C33H33N5O7/c1-19(18-43-2)38-30(40)24(23-7-5-9-26(44-3)28(23)45-4)16-37(32(38)42)17-27(39)35-22-11-10-20-14-33(15-21(20)13-22)25-8-6-12-34-29(25)36-31(33)41/h5-13,16,19H,14-15,17-18H2,1-4H3,(H,35,39)(H,34,36,41)/t19-,33-/m1/s1. The van der Waals surface area contributed by atoms with Crippen molar-refractivity contribution in [1.82, 2.24) is 14.1 Å². The fraction of sp³-hybridized carbons (Fsp3) is 0.303. The molecule has 2 aliphatic rings. The number of anilines is 2. The van der Waals surface area contributed by atoms with Gasteiger partial charge in [-0.3, -0.25) is 23.5 Å². The summed E-state index contributed by atoms with van der Waals surface area (Å²) in [6.07, 6.45) is 4.03. The van der Waals surface area contributed by atoms with E-state index < -0.39 is 28.6 Å². The van der Waals surface area contributed by atoms with Gasteiger partial charge in [-0.05, 0) is 55.2 Å². The van der Waals surface area contributed by atoms with Crippen LogP contribution in [0.3, 0.4) is 0 Å². The van der Waals surface area contributed by atoms with E-state index in [0.29, 0.717) is 41.4 Å². The lowest BCUT2D eigenvalue weighted by molar-refractivity contribution is -0.120. The molecule has 1 aliphatic heterocycles. The van der Waals surface area contributed by atoms with Gasteiger partial charge in [-0.1, -0.05) is 24.3 Å². The maximum Gasteiger partial charge on any atom is 0.331 e. The first kappa shape index (κ1) is 29.8. The van der Waals surface area contributed by atoms with Gasteiger partial charge in [0.1, 0.15) is 12.4 Å². The Morgan fingerprint density at radius 2 is 1.82 bits per heavy atom. The van der Waals surface area contributed by atoms with Crippen molar-refractivity contribution in [3.05, 3.63) is 98.5 Å². The highest BCUT2D eigenvalue weighted by Crippen LogP contribution is 2.47. The first-order valence-electron chi connectivity index (χ1n) is 14.5. The molecule has 2 aromatic heterocycles. The number of rotatable bonds is 9. The molecular weight excluding hydrogens is 578 g/mol. The lowest BCUT2D eigenvalue weighted by atomic mass is 9.79. The maximum absolute atomic E-state index is 13.7. The molecule has 12 heteroatoms. The number of nitrogens with zero attached hydrogens (tertiary/aromatic N) is 3. The summed E-state index contributed by atoms with van der Waals surface area (Å²) >= 11 is 0. The van der Waals surface area contributed by atoms with Crippen LogP contribution in [0, 0.1) is 0 Å². The molecule has 232 valence electrons. The second kappa shape index (κ2) is 11.7. The van der Waals surface area contributed by atoms with E-state index in [-0.39, 0.29) is 24.6 Å². The Kier molecular flexibility index (Phi) is 7.75. The number of hydrogen-bond acceptors (Lipinski definition) is 8. The zero-order chi connectivity index (χ0) is 31.9. The van der Waals surface area contributed by atoms with Crippen LogP contribution in [0.15, 0.2) is 70.5 Å². The van der Waals surface area contributed by atoms with Crippen molar-refractivity contribution in [1.29, 1.82) is 0 Å². The molecule has 4 aromatic rings. The van der Waals surface area contributed by atoms with Gasteiger partial charge < -0.3 is 24.8 Å². The van der Waals surface area contributed by atoms with Crippen molar-refractivity contribution < 1.29 is 23.8 Å². The Balaban J connectivity index is 1.31. The summed E-state index contributed by atoms with van der Waals surface area (Å²) in [5.41, 5.74) is 2.02. The third-order valence-electron chi connectivity index (χ3n) is 8.51. The molecule has 0 bridgehead atoms. The minimum Gasteiger partial charge on any atom is -0.493 e. The van der Waals surface area contributed by atoms with Crippen molar-refractivity contribution in [2.75, 3.05) is 38.6 Å². The van der Waals surface area contributed by atoms with Crippen molar-refractivity contribution in [2.24, 2.45) is 0 Å². The molecular formula is C33H33N5O7. The fourth-order valence-corrected chi connectivity index (χ4v) is 6.42. The van der Waals surface area contributed by atoms with Crippen LogP contribution in [-0.4, -0.2) is 53.9 Å². The first-order chi connectivity index (χ1) is 21.7. The lowest BCUT2D eigenvalue weighted by Crippen LogP contribution is -2.44. The number of para-hydroxylation sites is 1. The second-order valence-corrected chi connectivity index (χ2v) is 11.3. The average Bonchev–Trinajstić information content (AvgIpc) is 3.54. The van der Waals surface area contributed by atoms with Gasteiger partial charge in [0.05, 0.1) is 37.8 Å². The summed E-state index contributed by atoms with van der Waals surface area (Å²) in [5.74, 6) is 0.767. The third kappa shape index (κ3) is 5.06. The largest absolute Gasteiger partial charge is 0.493 e. The molecule has 1 aliphatic carbocycles. The molecule has 6 rings (SSSR count). The normalized spacial score (nSPS) is 17.0. The predicted molar refractivity (Wildman–Crippen MR) is 167 cm³/mol. The molecule has 2 amide bonds. The summed E-state index contributed by atoms with van der Waals surface area (Å²) in [6, 6.07) is 13.8. The molecule has 45 heavy (non-hydrogen) atoms. The number of carbonyl (C=O) groups is 2. The van der Waals surface area contributed by atoms with Crippen molar-refractivity contribution in [2.45, 2.75) is 37.8 Å². The van der Waals surface area contributed by atoms with E-state index in [0.717, 1.165) is 21.3 Å². The lowest BCUT2D eigenvalue weighted by Gasteiger charge is -2.20. The zero-order valence-electron chi connectivity index (χ0n) is 25.4. The Labute approximate surface area is 258 Å². The van der Waals surface area contributed by atoms with Crippen LogP contribution < -0.4 is 31.4 Å². The van der Waals surface area contributed by atoms with E-state index in [2.05, 4.69) is 15.6 Å². The maximum atomic E-state index is 13.7. The van der Waals surface area contributed by atoms with Crippen LogP contribution >= 0.6 is 0 Å². The molecule has 2 aromatic carbocycles. The smallest absolute Gasteiger partial charge is 0.331 e. The van der Waals surface area contributed by atoms with Crippen LogP contribution in [-0.2, 0) is 39.1 Å². The monoisotopic (exact) mass is 611 g/mol. The number of amides is 2. The highest BCUT2D eigenvalue weighted by atomic mass is 16.5. The van der Waals surface area contributed by atoms with Gasteiger partial charge in [-0.2, -0.15) is 0 Å². The van der Waals surface area contributed by atoms with Crippen molar-refractivity contribution in [3.8, 4) is 22.6 Å². The second-order valence-electron chi connectivity index (χ2n) is 11.3. The van der Waals surface area contributed by atoms with E-state index in [9.17, 15) is 19.2 Å². The van der Waals surface area contributed by atoms with Gasteiger partial charge >= 0.3 is 5.69 Å². The number of nitrogens with one attached hydrogen (secondary N) is 2. The number of carbonyl (C=O) groups excluding carboxylic acids is 2. The summed E-state index contributed by atoms with van der Waals surface area (Å²) in [7, 11) is 4.43. The van der Waals surface area contributed by atoms with Crippen molar-refractivity contribution in [3.63, 3.8) is 0 Å². The topological polar surface area (TPSA) is 143 Å². The number of aromatic nitrogens is 3. The Morgan fingerprint density at radius 3 is 2.58 bits per heavy atom. The summed E-state index contributed by atoms with van der Waals surface area (Å²) in [4.78, 5) is 58.0. The first-order valence-corrected chi connectivity index (χ1v) is 14.5. The molecule has 0 saturated heterocycles. The number of pyridine rings is 1. The molecule has 0 saturated carbocycles. The highest BCUT2D eigenvalue weighted by molar-refractivity contribution is 6.06. The molecule has 2 atom stereocenters. The van der Waals surface area contributed by atoms with Gasteiger partial charge in [0.15, 0.2) is 11.5 Å². The van der Waals surface area contributed by atoms with Gasteiger partial charge in [0, 0.05) is 36.3 Å². The Bertz CT molecular complexity index is 1950. The van der Waals surface area contributed by atoms with E-state index in [1.165, 1.54) is 32.1 Å². The van der Waals surface area contributed by atoms with Crippen LogP contribution in [0.5, 0.6) is 11.5 Å². The zero-order valence-corrected chi connectivity index (χ0v) is 25.4. The Hall–Kier alpha value is -5.23. The molecule has 12 nitrogen and oxygen atoms in total. The number of ether oxygens (including phenoxy) is 3. The highest BCUT2D eigenvalue weighted by Gasteiger charge is 2.51. The number of methoxy groups -OCH3 is 3. The number of fused-ring (bicyclic) bond motifs is 3. The summed E-state index contributed by atoms with van der Waals surface area (Å²) in [6.45, 7) is 1.44. The van der Waals surface area contributed by atoms with Gasteiger partial charge in [0.2, 0.25) is 11.8 Å². The third-order valence-corrected chi connectivity index (χ3v) is 8.51. The van der Waals surface area contributed by atoms with Crippen molar-refractivity contribution >= 4 is 23.3 Å². The molecule has 1 spiro atoms. The summed E-state index contributed by atoms with van der Waals surface area (Å²) < 4.78 is 18.5. The van der Waals surface area contributed by atoms with Crippen LogP contribution in [0.1, 0.15) is 29.7 Å². The van der Waals surface area contributed by atoms with E-state index >= 15 is 0 Å². The predicted octanol–water partition coefficient (Wildman–Crippen LogP) is 2.92. The van der Waals surface area contributed by atoms with Gasteiger partial charge in [-0.25, -0.2) is 9.78 Å². The van der Waals surface area contributed by atoms with E-state index in [1.807, 2.05) is 24.3 Å². The van der Waals surface area contributed by atoms with Gasteiger partial charge in [0.25, 0.3) is 5.56 Å². The Morgan fingerprint density at radius 1 is 1.02 bits per heavy atom. The minimum absolute atomic E-state index is 0.0846. The van der Waals surface area contributed by atoms with Crippen LogP contribution in [0.25, 0.3) is 11.1 Å². The number of hydrogen-bond donors (Lipinski definition) is 2. The summed E-state index contributed by atoms with van der Waals surface area (Å²) in [5, 5.41) is 5.78.